The predicted octanol–water partition coefficient (Wildman–Crippen LogP) is 3.73. The molecule has 1 amide bonds. The summed E-state index contributed by atoms with van der Waals surface area (Å²) in [6, 6.07) is 8.25. The average Bonchev–Trinajstić information content (AvgIpc) is 2.37. The fraction of sp³-hybridized carbons (Fsp3) is 0.0714. The topological polar surface area (TPSA) is 81.1 Å². The molecule has 2 rings (SSSR count). The summed E-state index contributed by atoms with van der Waals surface area (Å²) in [5.74, 6) is -0.528. The number of nitrogen functional groups attached to an aromatic ring is 1. The van der Waals surface area contributed by atoms with Crippen molar-refractivity contribution in [2.24, 2.45) is 5.73 Å². The minimum absolute atomic E-state index is 0.348. The molecule has 0 saturated carbocycles. The van der Waals surface area contributed by atoms with E-state index in [1.165, 1.54) is 6.07 Å². The third-order valence-corrected chi connectivity index (χ3v) is 3.57. The van der Waals surface area contributed by atoms with Crippen molar-refractivity contribution in [3.05, 3.63) is 51.5 Å². The van der Waals surface area contributed by atoms with Gasteiger partial charge in [-0.3, -0.25) is 4.79 Å². The fourth-order valence-corrected chi connectivity index (χ4v) is 2.15. The van der Waals surface area contributed by atoms with E-state index in [1.54, 1.807) is 24.3 Å². The van der Waals surface area contributed by atoms with Crippen molar-refractivity contribution in [2.45, 2.75) is 6.92 Å². The highest BCUT2D eigenvalue weighted by Gasteiger charge is 2.08. The lowest BCUT2D eigenvalue weighted by Gasteiger charge is -2.13. The Morgan fingerprint density at radius 3 is 2.40 bits per heavy atom. The number of nitrogens with two attached hydrogens (primary N) is 2. The summed E-state index contributed by atoms with van der Waals surface area (Å²) in [5, 5.41) is 4.21. The third kappa shape index (κ3) is 2.98. The molecule has 0 bridgehead atoms. The summed E-state index contributed by atoms with van der Waals surface area (Å²) < 4.78 is 0. The molecule has 0 saturated heterocycles. The molecule has 0 aliphatic carbocycles. The maximum atomic E-state index is 11.1. The number of carbonyl (C=O) groups is 1. The van der Waals surface area contributed by atoms with E-state index in [2.05, 4.69) is 5.32 Å². The number of rotatable bonds is 3. The number of amides is 1. The maximum Gasteiger partial charge on any atom is 0.248 e. The standard InChI is InChI=1S/C14H13Cl2N3O/c1-7-4-10(16)13(6-9(7)15)19-12-3-2-8(14(18)20)5-11(12)17/h2-6,19H,17H2,1H3,(H2,18,20). The van der Waals surface area contributed by atoms with Crippen LogP contribution in [-0.2, 0) is 0 Å². The highest BCUT2D eigenvalue weighted by atomic mass is 35.5. The van der Waals surface area contributed by atoms with Gasteiger partial charge in [-0.25, -0.2) is 0 Å². The Morgan fingerprint density at radius 2 is 1.80 bits per heavy atom. The highest BCUT2D eigenvalue weighted by molar-refractivity contribution is 6.35. The van der Waals surface area contributed by atoms with Gasteiger partial charge in [-0.15, -0.1) is 0 Å². The third-order valence-electron chi connectivity index (χ3n) is 2.85. The van der Waals surface area contributed by atoms with Gasteiger partial charge in [-0.1, -0.05) is 23.2 Å². The van der Waals surface area contributed by atoms with E-state index in [4.69, 9.17) is 34.7 Å². The quantitative estimate of drug-likeness (QED) is 0.756. The monoisotopic (exact) mass is 309 g/mol. The number of nitrogens with one attached hydrogen (secondary N) is 1. The molecule has 0 aliphatic rings. The number of aryl methyl sites for hydroxylation is 1. The summed E-state index contributed by atoms with van der Waals surface area (Å²) in [4.78, 5) is 11.1. The van der Waals surface area contributed by atoms with Gasteiger partial charge in [0.2, 0.25) is 5.91 Å². The zero-order chi connectivity index (χ0) is 14.9. The molecule has 0 heterocycles. The molecule has 5 N–H and O–H groups in total. The summed E-state index contributed by atoms with van der Waals surface area (Å²) in [5.41, 5.74) is 14.0. The van der Waals surface area contributed by atoms with Crippen LogP contribution in [0.5, 0.6) is 0 Å². The predicted molar refractivity (Wildman–Crippen MR) is 83.9 cm³/mol. The lowest BCUT2D eigenvalue weighted by atomic mass is 10.1. The van der Waals surface area contributed by atoms with Crippen molar-refractivity contribution >= 4 is 46.2 Å². The largest absolute Gasteiger partial charge is 0.397 e. The van der Waals surface area contributed by atoms with Crippen LogP contribution >= 0.6 is 23.2 Å². The van der Waals surface area contributed by atoms with Gasteiger partial charge in [0.05, 0.1) is 22.1 Å². The average molecular weight is 310 g/mol. The van der Waals surface area contributed by atoms with Crippen LogP contribution in [0, 0.1) is 6.92 Å². The normalized spacial score (nSPS) is 10.3. The molecule has 4 nitrogen and oxygen atoms in total. The van der Waals surface area contributed by atoms with Crippen LogP contribution in [0.1, 0.15) is 15.9 Å². The molecule has 0 aliphatic heterocycles. The zero-order valence-electron chi connectivity index (χ0n) is 10.7. The Hall–Kier alpha value is -1.91. The van der Waals surface area contributed by atoms with Crippen molar-refractivity contribution in [3.63, 3.8) is 0 Å². The molecular formula is C14H13Cl2N3O. The molecule has 2 aromatic rings. The van der Waals surface area contributed by atoms with Gasteiger partial charge in [0.1, 0.15) is 0 Å². The summed E-state index contributed by atoms with van der Waals surface area (Å²) in [7, 11) is 0. The van der Waals surface area contributed by atoms with Gasteiger partial charge in [0.15, 0.2) is 0 Å². The lowest BCUT2D eigenvalue weighted by molar-refractivity contribution is 0.100. The van der Waals surface area contributed by atoms with Crippen LogP contribution in [0.4, 0.5) is 17.1 Å². The van der Waals surface area contributed by atoms with Crippen LogP contribution < -0.4 is 16.8 Å². The van der Waals surface area contributed by atoms with Crippen molar-refractivity contribution in [2.75, 3.05) is 11.1 Å². The van der Waals surface area contributed by atoms with E-state index in [0.29, 0.717) is 32.7 Å². The number of anilines is 3. The number of benzene rings is 2. The highest BCUT2D eigenvalue weighted by Crippen LogP contribution is 2.32. The molecule has 20 heavy (non-hydrogen) atoms. The smallest absolute Gasteiger partial charge is 0.248 e. The van der Waals surface area contributed by atoms with Crippen LogP contribution in [0.2, 0.25) is 10.0 Å². The number of hydrogen-bond acceptors (Lipinski definition) is 3. The molecular weight excluding hydrogens is 297 g/mol. The van der Waals surface area contributed by atoms with Gasteiger partial charge in [-0.05, 0) is 42.8 Å². The van der Waals surface area contributed by atoms with Gasteiger partial charge in [0, 0.05) is 10.6 Å². The van der Waals surface area contributed by atoms with Crippen LogP contribution in [0.3, 0.4) is 0 Å². The first-order valence-corrected chi connectivity index (χ1v) is 6.56. The SMILES string of the molecule is Cc1cc(Cl)c(Nc2ccc(C(N)=O)cc2N)cc1Cl. The van der Waals surface area contributed by atoms with E-state index in [1.807, 2.05) is 6.92 Å². The van der Waals surface area contributed by atoms with E-state index in [0.717, 1.165) is 5.56 Å². The van der Waals surface area contributed by atoms with E-state index < -0.39 is 5.91 Å². The Morgan fingerprint density at radius 1 is 1.10 bits per heavy atom. The van der Waals surface area contributed by atoms with Crippen molar-refractivity contribution in [1.29, 1.82) is 0 Å². The minimum atomic E-state index is -0.528. The van der Waals surface area contributed by atoms with Gasteiger partial charge < -0.3 is 16.8 Å². The van der Waals surface area contributed by atoms with E-state index in [9.17, 15) is 4.79 Å². The molecule has 0 spiro atoms. The Bertz CT molecular complexity index is 686. The molecule has 0 radical (unpaired) electrons. The van der Waals surface area contributed by atoms with E-state index >= 15 is 0 Å². The van der Waals surface area contributed by atoms with Gasteiger partial charge in [-0.2, -0.15) is 0 Å². The number of carbonyl (C=O) groups excluding carboxylic acids is 1. The van der Waals surface area contributed by atoms with Crippen LogP contribution in [0.25, 0.3) is 0 Å². The number of halogens is 2. The Balaban J connectivity index is 2.35. The second-order valence-electron chi connectivity index (χ2n) is 4.37. The Kier molecular flexibility index (Phi) is 4.06. The van der Waals surface area contributed by atoms with Gasteiger partial charge in [0.25, 0.3) is 0 Å². The van der Waals surface area contributed by atoms with Crippen molar-refractivity contribution < 1.29 is 4.79 Å². The second-order valence-corrected chi connectivity index (χ2v) is 5.19. The van der Waals surface area contributed by atoms with Crippen molar-refractivity contribution in [3.8, 4) is 0 Å². The molecule has 0 atom stereocenters. The van der Waals surface area contributed by atoms with Crippen LogP contribution in [-0.4, -0.2) is 5.91 Å². The number of primary amides is 1. The molecule has 2 aromatic carbocycles. The minimum Gasteiger partial charge on any atom is -0.397 e. The molecule has 0 fully saturated rings. The van der Waals surface area contributed by atoms with E-state index in [-0.39, 0.29) is 0 Å². The fourth-order valence-electron chi connectivity index (χ4n) is 1.72. The Labute approximate surface area is 126 Å². The summed E-state index contributed by atoms with van der Waals surface area (Å²) >= 11 is 12.2. The second kappa shape index (κ2) is 5.61. The first-order valence-electron chi connectivity index (χ1n) is 5.80. The molecule has 104 valence electrons. The number of hydrogen-bond donors (Lipinski definition) is 3. The maximum absolute atomic E-state index is 11.1. The molecule has 6 heteroatoms. The van der Waals surface area contributed by atoms with Crippen LogP contribution in [0.15, 0.2) is 30.3 Å². The summed E-state index contributed by atoms with van der Waals surface area (Å²) in [6.45, 7) is 1.87. The molecule has 0 aromatic heterocycles. The zero-order valence-corrected chi connectivity index (χ0v) is 12.2. The lowest BCUT2D eigenvalue weighted by Crippen LogP contribution is -2.11. The first-order chi connectivity index (χ1) is 9.38. The molecule has 0 unspecified atom stereocenters. The van der Waals surface area contributed by atoms with Gasteiger partial charge >= 0.3 is 0 Å². The van der Waals surface area contributed by atoms with Crippen molar-refractivity contribution in [1.82, 2.24) is 0 Å². The summed E-state index contributed by atoms with van der Waals surface area (Å²) in [6.07, 6.45) is 0. The first kappa shape index (κ1) is 14.5.